The van der Waals surface area contributed by atoms with E-state index in [0.717, 1.165) is 74.8 Å². The number of halogens is 8. The van der Waals surface area contributed by atoms with Gasteiger partial charge in [0.2, 0.25) is 0 Å². The molecule has 4 aromatic carbocycles. The van der Waals surface area contributed by atoms with Crippen LogP contribution in [0.5, 0.6) is 23.0 Å². The number of alkyl carbamates (subject to hydrolysis) is 1. The van der Waals surface area contributed by atoms with Crippen LogP contribution in [0, 0.1) is 6.86 Å². The smallest absolute Gasteiger partial charge is 0.508 e. The van der Waals surface area contributed by atoms with Gasteiger partial charge in [-0.2, -0.15) is 0 Å². The van der Waals surface area contributed by atoms with E-state index in [9.17, 15) is 37.1 Å². The number of nitrogens with one attached hydrogen (secondary N) is 3. The second kappa shape index (κ2) is 67.1. The number of carbonyl (C=O) groups excluding carboxylic acids is 3. The number of hydrogen-bond donors (Lipinski definition) is 8. The van der Waals surface area contributed by atoms with Crippen molar-refractivity contribution >= 4 is 116 Å². The number of phenolic OH excluding ortho intramolecular Hbond substituents is 2. The summed E-state index contributed by atoms with van der Waals surface area (Å²) in [4.78, 5) is 61.1. The molecular weight excluding hydrogens is 1930 g/mol. The van der Waals surface area contributed by atoms with E-state index in [1.165, 1.54) is 30.3 Å². The molecule has 41 heteroatoms. The van der Waals surface area contributed by atoms with E-state index in [1.807, 2.05) is 105 Å². The fourth-order valence-corrected chi connectivity index (χ4v) is 12.0. The molecule has 0 atom stereocenters. The second-order valence-electron chi connectivity index (χ2n) is 31.8. The zero-order chi connectivity index (χ0) is 91.3. The van der Waals surface area contributed by atoms with Gasteiger partial charge < -0.3 is 102 Å². The summed E-state index contributed by atoms with van der Waals surface area (Å²) in [5.74, 6) is 1.32. The van der Waals surface area contributed by atoms with Crippen molar-refractivity contribution < 1.29 is 199 Å². The Morgan fingerprint density at radius 3 is 1.46 bits per heavy atom. The number of aromatic nitrogens is 9. The van der Waals surface area contributed by atoms with Crippen LogP contribution in [-0.2, 0) is 63.2 Å². The number of hydrogen-bond acceptors (Lipinski definition) is 21. The molecule has 0 aliphatic heterocycles. The third-order valence-electron chi connectivity index (χ3n) is 15.2. The van der Waals surface area contributed by atoms with Crippen LogP contribution in [0.2, 0.25) is 77.1 Å². The number of benzene rings is 4. The Morgan fingerprint density at radius 1 is 0.637 bits per heavy atom. The molecule has 0 bridgehead atoms. The maximum atomic E-state index is 13.2. The maximum absolute atomic E-state index is 13.2. The number of nitrogens with two attached hydrogens (primary N) is 1. The zero-order valence-electron chi connectivity index (χ0n) is 74.7. The Balaban J connectivity index is 0. The fourth-order valence-electron chi connectivity index (χ4n) is 8.76. The molecule has 9 aromatic rings. The molecule has 0 aliphatic carbocycles. The summed E-state index contributed by atoms with van der Waals surface area (Å²) in [7, 11) is -4.56. The molecule has 0 fully saturated rings. The molecule has 0 saturated heterocycles. The number of aromatic hydroxyl groups is 2. The molecule has 9 N–H and O–H groups in total. The maximum Gasteiger partial charge on any atom is 1.00 e. The molecule has 0 unspecified atom stereocenters. The number of aromatic amines is 2. The van der Waals surface area contributed by atoms with Crippen molar-refractivity contribution in [2.75, 3.05) is 51.5 Å². The molecule has 0 spiro atoms. The first-order chi connectivity index (χ1) is 57.5. The van der Waals surface area contributed by atoms with E-state index in [0.29, 0.717) is 78.2 Å². The van der Waals surface area contributed by atoms with Crippen LogP contribution in [0.25, 0.3) is 33.8 Å². The Kier molecular flexibility index (Phi) is 64.2. The molecule has 0 radical (unpaired) electrons. The third-order valence-corrected chi connectivity index (χ3v) is 22.0. The summed E-state index contributed by atoms with van der Waals surface area (Å²) >= 11 is 9.63. The zero-order valence-corrected chi connectivity index (χ0v) is 88.6. The summed E-state index contributed by atoms with van der Waals surface area (Å²) < 4.78 is 100. The SMILES string of the molecule is Brc1cc[nH]c1.CC(C)(C)OC(=O)CC/C(=C\F)COc1ccc(-c2cncn2COCC[Si](C)(C)C)cc1.CC(C)(C)OC(=O)NCC(=CF)CBr.C[Si](C)(C)CCOCn1cnc(Br)c1.C[Si](C)(C)CCOCn1cncc1-c1ccc(O)cc1.Cl.NC/C(=C\F)COc1ccc(-c2cnc[nH]2)cc1.OB(O)c1ccc(O)cc1.[2H]C(=O)OO[CH-]F.[K+].[K+]. The summed E-state index contributed by atoms with van der Waals surface area (Å²) in [6, 6.07) is 33.2. The van der Waals surface area contributed by atoms with Gasteiger partial charge in [-0.25, -0.2) is 37.9 Å². The van der Waals surface area contributed by atoms with Crippen molar-refractivity contribution in [2.45, 2.75) is 163 Å². The average molecular weight is 2050 g/mol. The van der Waals surface area contributed by atoms with Crippen LogP contribution in [0.3, 0.4) is 0 Å². The molecule has 5 aromatic heterocycles. The van der Waals surface area contributed by atoms with E-state index in [1.54, 1.807) is 91.4 Å². The van der Waals surface area contributed by atoms with E-state index in [4.69, 9.17) is 55.4 Å². The number of phenols is 2. The second-order valence-corrected chi connectivity index (χ2v) is 51.0. The van der Waals surface area contributed by atoms with Crippen molar-refractivity contribution in [1.29, 1.82) is 0 Å². The average Bonchev–Trinajstić information content (AvgIpc) is 1.67. The van der Waals surface area contributed by atoms with Gasteiger partial charge in [0.1, 0.15) is 72.2 Å². The predicted octanol–water partition coefficient (Wildman–Crippen LogP) is 13.2. The monoisotopic (exact) mass is 2050 g/mol. The standard InChI is InChI=1S/C25H37FN2O4Si.C15H22N2O2Si.C13H14FN3O.C9H15BrFNO2.C9H17BrN2OSi.C6H7BO3.C4H4BrN.C2H2FO3.ClH.2K/c1-25(2,3)32-24(29)12-7-20(15-26)17-31-22-10-8-21(9-11-22)23-16-27-18-28(23)19-30-13-14-33(4,5)6;1-20(2,3)9-8-19-12-17-11-16-10-15(17)13-4-6-14(18)7-5-13;14-5-10(6-15)8-18-12-3-1-11(2-4-12)13-7-16-9-17-13;1-9(2,3)14-8(13)12-6-7(4-10)5-11;1-14(2,3)5-4-13-8-12-6-9(10)11-7-12;8-6-3-1-5(2-4-6)7(9)10;5-4-1-2-6-3-4;3-1-5-6-2-4;;;/h8-11,15-16,18H,7,12-14,17,19H2,1-6H3;4-7,10-11,18H,8-9,12H2,1-3H3;1-5,7,9H,6,8,15H2,(H,16,17);5H,4,6H2,1-3H3,(H,12,13);6-7H,4-5,8H2,1-3H3;1-4,8-10H;1-3,6H;1-2H;1H;;/q;;;;;;;-1;;2*+1/b20-15+;;10-5+;;;;;;;;/i;;;;;;;2D;;;. The molecule has 1 amide bonds. The molecular formula is C83H119BBr3ClF4K2N11O16Si3+. The number of alkyl halides is 1. The predicted molar refractivity (Wildman–Crippen MR) is 491 cm³/mol. The minimum atomic E-state index is -1.46. The topological polar surface area (TPSA) is 351 Å². The molecule has 124 heavy (non-hydrogen) atoms. The van der Waals surface area contributed by atoms with Crippen molar-refractivity contribution in [2.24, 2.45) is 5.73 Å². The van der Waals surface area contributed by atoms with Crippen molar-refractivity contribution in [3.05, 3.63) is 217 Å². The minimum absolute atomic E-state index is 0. The van der Waals surface area contributed by atoms with Crippen LogP contribution in [0.4, 0.5) is 22.4 Å². The van der Waals surface area contributed by atoms with Gasteiger partial charge in [0.05, 0.1) is 80.0 Å². The van der Waals surface area contributed by atoms with Crippen LogP contribution < -0.4 is 129 Å². The van der Waals surface area contributed by atoms with Gasteiger partial charge in [-0.1, -0.05) is 87.0 Å². The van der Waals surface area contributed by atoms with Gasteiger partial charge in [-0.3, -0.25) is 9.59 Å². The summed E-state index contributed by atoms with van der Waals surface area (Å²) in [6.07, 6.45) is 17.8. The number of imidazole rings is 4. The van der Waals surface area contributed by atoms with E-state index in [2.05, 4.69) is 152 Å². The van der Waals surface area contributed by atoms with Crippen molar-refractivity contribution in [3.8, 4) is 56.8 Å². The number of carbonyl (C=O) groups is 3. The van der Waals surface area contributed by atoms with Gasteiger partial charge in [0, 0.05) is 109 Å². The molecule has 27 nitrogen and oxygen atoms in total. The quantitative estimate of drug-likeness (QED) is 0.00214. The molecule has 674 valence electrons. The van der Waals surface area contributed by atoms with Crippen LogP contribution >= 0.6 is 60.2 Å². The number of rotatable bonds is 34. The van der Waals surface area contributed by atoms with Crippen LogP contribution in [0.1, 0.15) is 55.8 Å². The number of esters is 1. The molecule has 0 saturated carbocycles. The summed E-state index contributed by atoms with van der Waals surface area (Å²) in [6.45, 7) is 35.9. The summed E-state index contributed by atoms with van der Waals surface area (Å²) in [5, 5.41) is 38.1. The largest absolute Gasteiger partial charge is 1.00 e. The number of nitrogens with zero attached hydrogens (tertiary/aromatic N) is 7. The molecule has 9 rings (SSSR count). The number of H-pyrrole nitrogens is 2. The van der Waals surface area contributed by atoms with Crippen molar-refractivity contribution in [1.82, 2.24) is 48.9 Å². The van der Waals surface area contributed by atoms with Crippen LogP contribution in [-0.4, -0.2) is 176 Å². The van der Waals surface area contributed by atoms with E-state index < -0.39 is 55.1 Å². The third kappa shape index (κ3) is 60.6. The van der Waals surface area contributed by atoms with Gasteiger partial charge in [0.25, 0.3) is 0 Å². The first kappa shape index (κ1) is 119. The fraction of sp³-hybridized carbons (Fsp3) is 0.398. The van der Waals surface area contributed by atoms with Gasteiger partial charge in [0.15, 0.2) is 1.37 Å². The number of ether oxygens (including phenoxy) is 7. The Bertz CT molecular complexity index is 4440. The number of amides is 1. The molecule has 0 aliphatic rings. The Hall–Kier alpha value is -5.21. The van der Waals surface area contributed by atoms with Gasteiger partial charge in [-0.15, -0.1) is 12.4 Å². The first-order valence-corrected chi connectivity index (χ1v) is 51.9. The Labute approximate surface area is 847 Å². The summed E-state index contributed by atoms with van der Waals surface area (Å²) in [5.41, 5.74) is 11.8. The van der Waals surface area contributed by atoms with Gasteiger partial charge in [-0.05, 0) is 218 Å². The normalized spacial score (nSPS) is 11.4. The van der Waals surface area contributed by atoms with Gasteiger partial charge >= 0.3 is 128 Å². The minimum Gasteiger partial charge on any atom is -0.508 e. The van der Waals surface area contributed by atoms with E-state index in [-0.39, 0.29) is 179 Å². The van der Waals surface area contributed by atoms with Crippen LogP contribution in [0.15, 0.2) is 210 Å². The van der Waals surface area contributed by atoms with Crippen molar-refractivity contribution in [3.63, 3.8) is 0 Å². The first-order valence-electron chi connectivity index (χ1n) is 38.6. The molecule has 5 heterocycles. The van der Waals surface area contributed by atoms with E-state index >= 15 is 0 Å². The Morgan fingerprint density at radius 2 is 1.10 bits per heavy atom.